The number of rotatable bonds is 4. The lowest BCUT2D eigenvalue weighted by Gasteiger charge is -2.44. The van der Waals surface area contributed by atoms with E-state index in [1.807, 2.05) is 11.3 Å². The Morgan fingerprint density at radius 3 is 2.90 bits per heavy atom. The van der Waals surface area contributed by atoms with E-state index in [9.17, 15) is 0 Å². The highest BCUT2D eigenvalue weighted by Crippen LogP contribution is 2.41. The molecular formula is C17H28N2S. The minimum atomic E-state index is 0.659. The molecule has 112 valence electrons. The fraction of sp³-hybridized carbons (Fsp3) is 0.765. The van der Waals surface area contributed by atoms with E-state index in [1.54, 1.807) is 10.4 Å². The predicted octanol–water partition coefficient (Wildman–Crippen LogP) is 3.96. The second-order valence-electron chi connectivity index (χ2n) is 6.39. The van der Waals surface area contributed by atoms with Crippen molar-refractivity contribution in [1.29, 1.82) is 0 Å². The van der Waals surface area contributed by atoms with Crippen LogP contribution in [-0.2, 0) is 6.42 Å². The average molecular weight is 292 g/mol. The van der Waals surface area contributed by atoms with Crippen molar-refractivity contribution in [3.05, 3.63) is 21.9 Å². The monoisotopic (exact) mass is 292 g/mol. The predicted molar refractivity (Wildman–Crippen MR) is 87.2 cm³/mol. The standard InChI is InChI=1S/C17H28N2S/c1-2-19(15-7-4-3-6-13(15)12-18)16-8-5-9-17-14(16)10-11-20-17/h10-11,13,15-16H,2-9,12,18H2,1H3. The number of hydrogen-bond acceptors (Lipinski definition) is 3. The third kappa shape index (κ3) is 2.68. The van der Waals surface area contributed by atoms with Gasteiger partial charge in [0.15, 0.2) is 0 Å². The normalized spacial score (nSPS) is 30.4. The first-order chi connectivity index (χ1) is 9.85. The number of fused-ring (bicyclic) bond motifs is 1. The molecule has 1 fully saturated rings. The van der Waals surface area contributed by atoms with Gasteiger partial charge in [-0.1, -0.05) is 19.8 Å². The smallest absolute Gasteiger partial charge is 0.0362 e. The lowest BCUT2D eigenvalue weighted by Crippen LogP contribution is -2.47. The van der Waals surface area contributed by atoms with Crippen LogP contribution in [0, 0.1) is 5.92 Å². The second kappa shape index (κ2) is 6.59. The summed E-state index contributed by atoms with van der Waals surface area (Å²) in [7, 11) is 0. The van der Waals surface area contributed by atoms with Crippen LogP contribution >= 0.6 is 11.3 Å². The first-order valence-corrected chi connectivity index (χ1v) is 9.25. The molecule has 3 atom stereocenters. The summed E-state index contributed by atoms with van der Waals surface area (Å²) in [6.07, 6.45) is 9.45. The Kier molecular flexibility index (Phi) is 4.79. The fourth-order valence-electron chi connectivity index (χ4n) is 4.39. The van der Waals surface area contributed by atoms with Crippen LogP contribution in [0.4, 0.5) is 0 Å². The average Bonchev–Trinajstić information content (AvgIpc) is 2.98. The topological polar surface area (TPSA) is 29.3 Å². The molecule has 0 bridgehead atoms. The molecule has 2 aliphatic carbocycles. The summed E-state index contributed by atoms with van der Waals surface area (Å²) in [5, 5.41) is 2.29. The number of thiophene rings is 1. The molecule has 20 heavy (non-hydrogen) atoms. The van der Waals surface area contributed by atoms with Crippen molar-refractivity contribution in [2.45, 2.75) is 64.0 Å². The van der Waals surface area contributed by atoms with Gasteiger partial charge in [-0.3, -0.25) is 4.90 Å². The van der Waals surface area contributed by atoms with Gasteiger partial charge in [-0.2, -0.15) is 0 Å². The highest BCUT2D eigenvalue weighted by atomic mass is 32.1. The Bertz CT molecular complexity index is 428. The van der Waals surface area contributed by atoms with Crippen molar-refractivity contribution in [2.75, 3.05) is 13.1 Å². The summed E-state index contributed by atoms with van der Waals surface area (Å²) in [6, 6.07) is 3.76. The van der Waals surface area contributed by atoms with Crippen LogP contribution in [0.1, 0.15) is 61.9 Å². The molecule has 0 amide bonds. The maximum Gasteiger partial charge on any atom is 0.0362 e. The van der Waals surface area contributed by atoms with Gasteiger partial charge in [-0.25, -0.2) is 0 Å². The van der Waals surface area contributed by atoms with E-state index in [2.05, 4.69) is 23.3 Å². The van der Waals surface area contributed by atoms with Crippen LogP contribution in [-0.4, -0.2) is 24.0 Å². The van der Waals surface area contributed by atoms with Gasteiger partial charge in [0, 0.05) is 17.0 Å². The zero-order chi connectivity index (χ0) is 13.9. The molecule has 1 heterocycles. The van der Waals surface area contributed by atoms with Crippen molar-refractivity contribution >= 4 is 11.3 Å². The van der Waals surface area contributed by atoms with Gasteiger partial charge in [0.05, 0.1) is 0 Å². The first kappa shape index (κ1) is 14.6. The van der Waals surface area contributed by atoms with E-state index >= 15 is 0 Å². The molecule has 1 aromatic rings. The van der Waals surface area contributed by atoms with Crippen LogP contribution in [0.5, 0.6) is 0 Å². The zero-order valence-corrected chi connectivity index (χ0v) is 13.5. The molecule has 3 rings (SSSR count). The number of nitrogens with two attached hydrogens (primary N) is 1. The van der Waals surface area contributed by atoms with E-state index in [0.717, 1.165) is 12.6 Å². The SMILES string of the molecule is CCN(C1CCCc2sccc21)C1CCCCC1CN. The number of hydrogen-bond donors (Lipinski definition) is 1. The van der Waals surface area contributed by atoms with Gasteiger partial charge >= 0.3 is 0 Å². The van der Waals surface area contributed by atoms with Gasteiger partial charge in [0.25, 0.3) is 0 Å². The van der Waals surface area contributed by atoms with Crippen molar-refractivity contribution in [3.8, 4) is 0 Å². The largest absolute Gasteiger partial charge is 0.330 e. The maximum atomic E-state index is 6.07. The highest BCUT2D eigenvalue weighted by molar-refractivity contribution is 7.10. The van der Waals surface area contributed by atoms with Crippen molar-refractivity contribution in [1.82, 2.24) is 4.90 Å². The third-order valence-electron chi connectivity index (χ3n) is 5.38. The summed E-state index contributed by atoms with van der Waals surface area (Å²) in [5.41, 5.74) is 7.69. The minimum Gasteiger partial charge on any atom is -0.330 e. The molecule has 2 aliphatic rings. The van der Waals surface area contributed by atoms with Gasteiger partial charge in [-0.15, -0.1) is 11.3 Å². The molecule has 0 aromatic carbocycles. The van der Waals surface area contributed by atoms with E-state index in [0.29, 0.717) is 12.0 Å². The molecule has 0 spiro atoms. The Labute approximate surface area is 127 Å². The van der Waals surface area contributed by atoms with Crippen LogP contribution in [0.25, 0.3) is 0 Å². The lowest BCUT2D eigenvalue weighted by molar-refractivity contribution is 0.0624. The summed E-state index contributed by atoms with van der Waals surface area (Å²) >= 11 is 1.96. The summed E-state index contributed by atoms with van der Waals surface area (Å²) < 4.78 is 0. The lowest BCUT2D eigenvalue weighted by atomic mass is 9.81. The molecule has 0 aliphatic heterocycles. The van der Waals surface area contributed by atoms with Gasteiger partial charge < -0.3 is 5.73 Å². The Morgan fingerprint density at radius 2 is 2.10 bits per heavy atom. The van der Waals surface area contributed by atoms with Crippen molar-refractivity contribution in [2.24, 2.45) is 11.7 Å². The van der Waals surface area contributed by atoms with Crippen LogP contribution in [0.2, 0.25) is 0 Å². The molecule has 1 saturated carbocycles. The molecule has 3 heteroatoms. The third-order valence-corrected chi connectivity index (χ3v) is 6.38. The van der Waals surface area contributed by atoms with Crippen LogP contribution < -0.4 is 5.73 Å². The minimum absolute atomic E-state index is 0.659. The van der Waals surface area contributed by atoms with Crippen LogP contribution in [0.15, 0.2) is 11.4 Å². The fourth-order valence-corrected chi connectivity index (χ4v) is 5.37. The Morgan fingerprint density at radius 1 is 1.25 bits per heavy atom. The molecule has 0 radical (unpaired) electrons. The van der Waals surface area contributed by atoms with Crippen molar-refractivity contribution < 1.29 is 0 Å². The van der Waals surface area contributed by atoms with Crippen molar-refractivity contribution in [3.63, 3.8) is 0 Å². The van der Waals surface area contributed by atoms with E-state index in [1.165, 1.54) is 51.5 Å². The van der Waals surface area contributed by atoms with E-state index < -0.39 is 0 Å². The molecule has 2 N–H and O–H groups in total. The molecular weight excluding hydrogens is 264 g/mol. The van der Waals surface area contributed by atoms with Gasteiger partial charge in [0.1, 0.15) is 0 Å². The number of nitrogens with zero attached hydrogens (tertiary/aromatic N) is 1. The Balaban J connectivity index is 1.83. The molecule has 3 unspecified atom stereocenters. The highest BCUT2D eigenvalue weighted by Gasteiger charge is 2.35. The molecule has 0 saturated heterocycles. The first-order valence-electron chi connectivity index (χ1n) is 8.37. The molecule has 2 nitrogen and oxygen atoms in total. The van der Waals surface area contributed by atoms with Gasteiger partial charge in [-0.05, 0) is 68.1 Å². The Hall–Kier alpha value is -0.380. The summed E-state index contributed by atoms with van der Waals surface area (Å²) in [4.78, 5) is 4.43. The van der Waals surface area contributed by atoms with Gasteiger partial charge in [0.2, 0.25) is 0 Å². The maximum absolute atomic E-state index is 6.07. The zero-order valence-electron chi connectivity index (χ0n) is 12.7. The number of aryl methyl sites for hydroxylation is 1. The second-order valence-corrected chi connectivity index (χ2v) is 7.39. The van der Waals surface area contributed by atoms with Crippen LogP contribution in [0.3, 0.4) is 0 Å². The van der Waals surface area contributed by atoms with E-state index in [-0.39, 0.29) is 0 Å². The van der Waals surface area contributed by atoms with E-state index in [4.69, 9.17) is 5.73 Å². The summed E-state index contributed by atoms with van der Waals surface area (Å²) in [5.74, 6) is 0.715. The summed E-state index contributed by atoms with van der Waals surface area (Å²) in [6.45, 7) is 4.37. The quantitative estimate of drug-likeness (QED) is 0.910. The molecule has 1 aromatic heterocycles.